The zero-order chi connectivity index (χ0) is 14.9. The molecule has 1 unspecified atom stereocenters. The minimum Gasteiger partial charge on any atom is -0.396 e. The van der Waals surface area contributed by atoms with Crippen LogP contribution in [0.2, 0.25) is 10.0 Å². The molecule has 1 saturated heterocycles. The molecule has 1 fully saturated rings. The van der Waals surface area contributed by atoms with Crippen LogP contribution in [0.25, 0.3) is 0 Å². The van der Waals surface area contributed by atoms with Gasteiger partial charge in [-0.05, 0) is 18.6 Å². The lowest BCUT2D eigenvalue weighted by Gasteiger charge is -2.34. The zero-order valence-corrected chi connectivity index (χ0v) is 13.3. The normalized spacial score (nSPS) is 21.1. The highest BCUT2D eigenvalue weighted by Gasteiger charge is 2.34. The number of ether oxygens (including phenoxy) is 1. The van der Waals surface area contributed by atoms with Gasteiger partial charge in [0, 0.05) is 12.6 Å². The van der Waals surface area contributed by atoms with Gasteiger partial charge in [-0.2, -0.15) is 4.31 Å². The maximum absolute atomic E-state index is 12.7. The third-order valence-electron chi connectivity index (χ3n) is 3.32. The molecule has 1 aromatic rings. The second-order valence-corrected chi connectivity index (χ2v) is 7.17. The standard InChI is InChI=1S/C12H16Cl2N2O3S/c1-2-8-7-19-6-5-16(8)20(17,18)10-4-3-9(13)12(15)11(10)14/h3-4,8H,2,5-7,15H2,1H3. The Kier molecular flexibility index (Phi) is 4.81. The second-order valence-electron chi connectivity index (χ2n) is 4.53. The van der Waals surface area contributed by atoms with Crippen molar-refractivity contribution in [2.45, 2.75) is 24.3 Å². The first-order valence-electron chi connectivity index (χ1n) is 6.22. The van der Waals surface area contributed by atoms with E-state index in [1.54, 1.807) is 0 Å². The molecule has 5 nitrogen and oxygen atoms in total. The largest absolute Gasteiger partial charge is 0.396 e. The van der Waals surface area contributed by atoms with Crippen LogP contribution in [-0.4, -0.2) is 38.5 Å². The van der Waals surface area contributed by atoms with E-state index in [1.165, 1.54) is 16.4 Å². The average Bonchev–Trinajstić information content (AvgIpc) is 2.44. The van der Waals surface area contributed by atoms with E-state index in [-0.39, 0.29) is 26.7 Å². The van der Waals surface area contributed by atoms with E-state index in [4.69, 9.17) is 33.7 Å². The Labute approximate surface area is 128 Å². The van der Waals surface area contributed by atoms with Gasteiger partial charge in [-0.3, -0.25) is 0 Å². The number of sulfonamides is 1. The molecular weight excluding hydrogens is 323 g/mol. The maximum Gasteiger partial charge on any atom is 0.245 e. The first kappa shape index (κ1) is 15.9. The zero-order valence-electron chi connectivity index (χ0n) is 11.0. The van der Waals surface area contributed by atoms with Gasteiger partial charge >= 0.3 is 0 Å². The van der Waals surface area contributed by atoms with E-state index in [1.807, 2.05) is 6.92 Å². The summed E-state index contributed by atoms with van der Waals surface area (Å²) in [6.45, 7) is 2.98. The lowest BCUT2D eigenvalue weighted by atomic mass is 10.2. The van der Waals surface area contributed by atoms with Crippen LogP contribution in [0.1, 0.15) is 13.3 Å². The van der Waals surface area contributed by atoms with Crippen molar-refractivity contribution in [1.82, 2.24) is 4.31 Å². The second kappa shape index (κ2) is 6.07. The van der Waals surface area contributed by atoms with Crippen molar-refractivity contribution in [3.8, 4) is 0 Å². The van der Waals surface area contributed by atoms with Crippen molar-refractivity contribution >= 4 is 38.9 Å². The van der Waals surface area contributed by atoms with E-state index in [9.17, 15) is 8.42 Å². The molecular formula is C12H16Cl2N2O3S. The van der Waals surface area contributed by atoms with Gasteiger partial charge in [-0.1, -0.05) is 30.1 Å². The Bertz CT molecular complexity index is 607. The fourth-order valence-corrected chi connectivity index (χ4v) is 4.56. The van der Waals surface area contributed by atoms with Crippen LogP contribution in [0.3, 0.4) is 0 Å². The van der Waals surface area contributed by atoms with Gasteiger partial charge in [-0.15, -0.1) is 0 Å². The van der Waals surface area contributed by atoms with Crippen molar-refractivity contribution in [1.29, 1.82) is 0 Å². The molecule has 20 heavy (non-hydrogen) atoms. The fourth-order valence-electron chi connectivity index (χ4n) is 2.15. The Morgan fingerprint density at radius 2 is 2.15 bits per heavy atom. The number of nitrogens with two attached hydrogens (primary N) is 1. The predicted molar refractivity (Wildman–Crippen MR) is 79.7 cm³/mol. The number of rotatable bonds is 3. The molecule has 0 amide bonds. The van der Waals surface area contributed by atoms with Crippen LogP contribution in [0.5, 0.6) is 0 Å². The highest BCUT2D eigenvalue weighted by atomic mass is 35.5. The number of halogens is 2. The molecule has 1 aliphatic heterocycles. The van der Waals surface area contributed by atoms with Gasteiger partial charge in [0.05, 0.1) is 28.9 Å². The van der Waals surface area contributed by atoms with Gasteiger partial charge in [-0.25, -0.2) is 8.42 Å². The van der Waals surface area contributed by atoms with Crippen LogP contribution in [0.15, 0.2) is 17.0 Å². The van der Waals surface area contributed by atoms with E-state index in [0.29, 0.717) is 26.2 Å². The topological polar surface area (TPSA) is 72.6 Å². The molecule has 2 rings (SSSR count). The first-order chi connectivity index (χ1) is 9.39. The summed E-state index contributed by atoms with van der Waals surface area (Å²) in [4.78, 5) is -0.0126. The molecule has 8 heteroatoms. The highest BCUT2D eigenvalue weighted by molar-refractivity contribution is 7.89. The monoisotopic (exact) mass is 338 g/mol. The number of hydrogen-bond donors (Lipinski definition) is 1. The van der Waals surface area contributed by atoms with Crippen molar-refractivity contribution in [2.24, 2.45) is 0 Å². The van der Waals surface area contributed by atoms with Gasteiger partial charge in [0.15, 0.2) is 0 Å². The lowest BCUT2D eigenvalue weighted by molar-refractivity contribution is 0.0314. The minimum atomic E-state index is -3.71. The Morgan fingerprint density at radius 1 is 1.45 bits per heavy atom. The van der Waals surface area contributed by atoms with E-state index in [0.717, 1.165) is 0 Å². The lowest BCUT2D eigenvalue weighted by Crippen LogP contribution is -2.48. The van der Waals surface area contributed by atoms with Gasteiger partial charge in [0.25, 0.3) is 0 Å². The van der Waals surface area contributed by atoms with Crippen LogP contribution >= 0.6 is 23.2 Å². The molecule has 0 spiro atoms. The molecule has 0 aromatic heterocycles. The van der Waals surface area contributed by atoms with E-state index in [2.05, 4.69) is 0 Å². The molecule has 0 aliphatic carbocycles. The number of nitrogens with zero attached hydrogens (tertiary/aromatic N) is 1. The average molecular weight is 339 g/mol. The predicted octanol–water partition coefficient (Wildman–Crippen LogP) is 2.38. The third kappa shape index (κ3) is 2.76. The number of anilines is 1. The van der Waals surface area contributed by atoms with Crippen molar-refractivity contribution < 1.29 is 13.2 Å². The number of morpholine rings is 1. The van der Waals surface area contributed by atoms with Crippen LogP contribution in [0.4, 0.5) is 5.69 Å². The first-order valence-corrected chi connectivity index (χ1v) is 8.42. The highest BCUT2D eigenvalue weighted by Crippen LogP contribution is 2.35. The summed E-state index contributed by atoms with van der Waals surface area (Å²) in [5.74, 6) is 0. The molecule has 0 bridgehead atoms. The van der Waals surface area contributed by atoms with Crippen molar-refractivity contribution in [2.75, 3.05) is 25.5 Å². The summed E-state index contributed by atoms with van der Waals surface area (Å²) in [5.41, 5.74) is 5.78. The van der Waals surface area contributed by atoms with Crippen LogP contribution < -0.4 is 5.73 Å². The van der Waals surface area contributed by atoms with Crippen LogP contribution in [-0.2, 0) is 14.8 Å². The van der Waals surface area contributed by atoms with Crippen molar-refractivity contribution in [3.63, 3.8) is 0 Å². The van der Waals surface area contributed by atoms with Crippen LogP contribution in [0, 0.1) is 0 Å². The van der Waals surface area contributed by atoms with E-state index >= 15 is 0 Å². The Hall–Kier alpha value is -0.530. The number of hydrogen-bond acceptors (Lipinski definition) is 4. The molecule has 2 N–H and O–H groups in total. The quantitative estimate of drug-likeness (QED) is 0.858. The molecule has 1 atom stereocenters. The summed E-state index contributed by atoms with van der Waals surface area (Å²) < 4.78 is 32.2. The van der Waals surface area contributed by atoms with Gasteiger partial charge in [0.1, 0.15) is 4.90 Å². The number of nitrogen functional groups attached to an aromatic ring is 1. The minimum absolute atomic E-state index is 0.0126. The van der Waals surface area contributed by atoms with E-state index < -0.39 is 10.0 Å². The summed E-state index contributed by atoms with van der Waals surface area (Å²) in [7, 11) is -3.71. The smallest absolute Gasteiger partial charge is 0.245 e. The third-order valence-corrected chi connectivity index (χ3v) is 6.17. The number of benzene rings is 1. The molecule has 0 saturated carbocycles. The van der Waals surface area contributed by atoms with Crippen molar-refractivity contribution in [3.05, 3.63) is 22.2 Å². The summed E-state index contributed by atoms with van der Waals surface area (Å²) in [5, 5.41) is 0.210. The SMILES string of the molecule is CCC1COCCN1S(=O)(=O)c1ccc(Cl)c(N)c1Cl. The molecule has 1 heterocycles. The molecule has 1 aliphatic rings. The fraction of sp³-hybridized carbons (Fsp3) is 0.500. The summed E-state index contributed by atoms with van der Waals surface area (Å²) in [6, 6.07) is 2.64. The summed E-state index contributed by atoms with van der Waals surface area (Å²) in [6.07, 6.45) is 0.667. The Morgan fingerprint density at radius 3 is 2.80 bits per heavy atom. The molecule has 0 radical (unpaired) electrons. The van der Waals surface area contributed by atoms with Gasteiger partial charge < -0.3 is 10.5 Å². The molecule has 1 aromatic carbocycles. The molecule has 112 valence electrons. The maximum atomic E-state index is 12.7. The van der Waals surface area contributed by atoms with Gasteiger partial charge in [0.2, 0.25) is 10.0 Å². The Balaban J connectivity index is 2.47. The summed E-state index contributed by atoms with van der Waals surface area (Å²) >= 11 is 11.9.